The summed E-state index contributed by atoms with van der Waals surface area (Å²) in [5, 5.41) is 0. The minimum absolute atomic E-state index is 0.0869. The van der Waals surface area contributed by atoms with Crippen LogP contribution in [0.25, 0.3) is 0 Å². The van der Waals surface area contributed by atoms with Gasteiger partial charge in [-0.2, -0.15) is 0 Å². The van der Waals surface area contributed by atoms with E-state index in [0.717, 1.165) is 45.2 Å². The van der Waals surface area contributed by atoms with Crippen molar-refractivity contribution >= 4 is 12.0 Å². The van der Waals surface area contributed by atoms with E-state index in [9.17, 15) is 9.59 Å². The smallest absolute Gasteiger partial charge is 0.410 e. The molecular weight excluding hydrogens is 270 g/mol. The fraction of sp³-hybridized carbons (Fsp3) is 0.867. The van der Waals surface area contributed by atoms with Crippen LogP contribution in [0.1, 0.15) is 32.1 Å². The standard InChI is InChI=1S/C15H25N3O3/c1-21-15(20)18-7-3-2-4-12(18)14(19)17-8-10-5-6-11(9-17)13(10)16/h10-13H,2-9,16H2,1H3/t10-,11+,12-,13?/m0/s1. The maximum absolute atomic E-state index is 12.8. The summed E-state index contributed by atoms with van der Waals surface area (Å²) < 4.78 is 4.83. The Morgan fingerprint density at radius 2 is 1.76 bits per heavy atom. The molecule has 1 aliphatic carbocycles. The number of likely N-dealkylation sites (tertiary alicyclic amines) is 2. The van der Waals surface area contributed by atoms with E-state index in [-0.39, 0.29) is 24.1 Å². The SMILES string of the molecule is COC(=O)N1CCCC[C@H]1C(=O)N1C[C@H]2CC[C@@H](C1)C2N. The van der Waals surface area contributed by atoms with Crippen LogP contribution in [0.15, 0.2) is 0 Å². The summed E-state index contributed by atoms with van der Waals surface area (Å²) in [7, 11) is 1.37. The highest BCUT2D eigenvalue weighted by Crippen LogP contribution is 2.36. The summed E-state index contributed by atoms with van der Waals surface area (Å²) in [6.45, 7) is 2.12. The Kier molecular flexibility index (Phi) is 4.06. The van der Waals surface area contributed by atoms with Crippen LogP contribution in [-0.2, 0) is 9.53 Å². The molecule has 0 aromatic heterocycles. The monoisotopic (exact) mass is 295 g/mol. The van der Waals surface area contributed by atoms with Crippen molar-refractivity contribution in [2.45, 2.75) is 44.2 Å². The van der Waals surface area contributed by atoms with Crippen LogP contribution >= 0.6 is 0 Å². The molecular formula is C15H25N3O3. The zero-order chi connectivity index (χ0) is 15.0. The maximum Gasteiger partial charge on any atom is 0.410 e. The number of nitrogens with two attached hydrogens (primary N) is 1. The second-order valence-electron chi connectivity index (χ2n) is 6.59. The summed E-state index contributed by atoms with van der Waals surface area (Å²) in [5.74, 6) is 0.953. The number of rotatable bonds is 1. The largest absolute Gasteiger partial charge is 0.453 e. The van der Waals surface area contributed by atoms with Crippen molar-refractivity contribution in [1.82, 2.24) is 9.80 Å². The predicted octanol–water partition coefficient (Wildman–Crippen LogP) is 0.803. The van der Waals surface area contributed by atoms with Gasteiger partial charge in [0.2, 0.25) is 5.91 Å². The number of piperidine rings is 2. The number of amides is 2. The molecule has 118 valence electrons. The van der Waals surface area contributed by atoms with E-state index in [4.69, 9.17) is 10.5 Å². The molecule has 6 nitrogen and oxygen atoms in total. The van der Waals surface area contributed by atoms with Crippen molar-refractivity contribution < 1.29 is 14.3 Å². The quantitative estimate of drug-likeness (QED) is 0.776. The molecule has 2 heterocycles. The molecule has 21 heavy (non-hydrogen) atoms. The first-order valence-electron chi connectivity index (χ1n) is 8.00. The van der Waals surface area contributed by atoms with Gasteiger partial charge in [0, 0.05) is 25.7 Å². The number of carbonyl (C=O) groups is 2. The molecule has 2 amide bonds. The van der Waals surface area contributed by atoms with Gasteiger partial charge in [0.15, 0.2) is 0 Å². The summed E-state index contributed by atoms with van der Waals surface area (Å²) in [6.07, 6.45) is 4.54. The normalized spacial score (nSPS) is 35.7. The van der Waals surface area contributed by atoms with Crippen molar-refractivity contribution in [3.63, 3.8) is 0 Å². The molecule has 3 aliphatic rings. The Hall–Kier alpha value is -1.30. The van der Waals surface area contributed by atoms with Gasteiger partial charge in [0.05, 0.1) is 7.11 Å². The number of ether oxygens (including phenoxy) is 1. The number of fused-ring (bicyclic) bond motifs is 2. The molecule has 1 unspecified atom stereocenters. The lowest BCUT2D eigenvalue weighted by molar-refractivity contribution is -0.140. The van der Waals surface area contributed by atoms with E-state index < -0.39 is 0 Å². The van der Waals surface area contributed by atoms with Crippen molar-refractivity contribution in [3.05, 3.63) is 0 Å². The molecule has 3 fully saturated rings. The average Bonchev–Trinajstić information content (AvgIpc) is 2.75. The number of nitrogens with zero attached hydrogens (tertiary/aromatic N) is 2. The second kappa shape index (κ2) is 5.83. The van der Waals surface area contributed by atoms with Gasteiger partial charge in [0.25, 0.3) is 0 Å². The van der Waals surface area contributed by atoms with Gasteiger partial charge in [-0.25, -0.2) is 4.79 Å². The lowest BCUT2D eigenvalue weighted by atomic mass is 9.92. The minimum atomic E-state index is -0.385. The zero-order valence-corrected chi connectivity index (χ0v) is 12.7. The van der Waals surface area contributed by atoms with E-state index >= 15 is 0 Å². The van der Waals surface area contributed by atoms with Crippen LogP contribution in [0, 0.1) is 11.8 Å². The molecule has 2 aliphatic heterocycles. The summed E-state index contributed by atoms with van der Waals surface area (Å²) in [4.78, 5) is 28.3. The van der Waals surface area contributed by atoms with Gasteiger partial charge in [-0.1, -0.05) is 0 Å². The molecule has 1 saturated carbocycles. The van der Waals surface area contributed by atoms with Crippen molar-refractivity contribution in [1.29, 1.82) is 0 Å². The van der Waals surface area contributed by atoms with Crippen LogP contribution in [-0.4, -0.2) is 60.6 Å². The maximum atomic E-state index is 12.8. The highest BCUT2D eigenvalue weighted by molar-refractivity contribution is 5.86. The molecule has 4 atom stereocenters. The van der Waals surface area contributed by atoms with Crippen molar-refractivity contribution in [2.75, 3.05) is 26.7 Å². The number of carbonyl (C=O) groups excluding carboxylic acids is 2. The second-order valence-corrected chi connectivity index (χ2v) is 6.59. The molecule has 6 heteroatoms. The molecule has 2 saturated heterocycles. The van der Waals surface area contributed by atoms with Crippen LogP contribution in [0.5, 0.6) is 0 Å². The Balaban J connectivity index is 1.70. The topological polar surface area (TPSA) is 75.9 Å². The van der Waals surface area contributed by atoms with E-state index in [0.29, 0.717) is 18.4 Å². The molecule has 0 aromatic rings. The Morgan fingerprint density at radius 1 is 1.10 bits per heavy atom. The van der Waals surface area contributed by atoms with Gasteiger partial charge in [-0.3, -0.25) is 9.69 Å². The Morgan fingerprint density at radius 3 is 2.38 bits per heavy atom. The third-order valence-corrected chi connectivity index (χ3v) is 5.42. The molecule has 2 bridgehead atoms. The first kappa shape index (κ1) is 14.6. The fourth-order valence-electron chi connectivity index (χ4n) is 4.18. The summed E-state index contributed by atoms with van der Waals surface area (Å²) in [6, 6.07) is -0.1000. The lowest BCUT2D eigenvalue weighted by Crippen LogP contribution is -2.57. The third kappa shape index (κ3) is 2.61. The predicted molar refractivity (Wildman–Crippen MR) is 77.5 cm³/mol. The third-order valence-electron chi connectivity index (χ3n) is 5.42. The molecule has 0 aromatic carbocycles. The van der Waals surface area contributed by atoms with Crippen LogP contribution in [0.3, 0.4) is 0 Å². The van der Waals surface area contributed by atoms with Gasteiger partial charge >= 0.3 is 6.09 Å². The number of methoxy groups -OCH3 is 1. The van der Waals surface area contributed by atoms with E-state index in [1.54, 1.807) is 4.90 Å². The Labute approximate surface area is 125 Å². The molecule has 2 N–H and O–H groups in total. The molecule has 3 rings (SSSR count). The van der Waals surface area contributed by atoms with E-state index in [1.165, 1.54) is 7.11 Å². The van der Waals surface area contributed by atoms with E-state index in [2.05, 4.69) is 0 Å². The number of hydrogen-bond acceptors (Lipinski definition) is 4. The Bertz CT molecular complexity index is 414. The summed E-state index contributed by atoms with van der Waals surface area (Å²) >= 11 is 0. The van der Waals surface area contributed by atoms with Gasteiger partial charge in [-0.15, -0.1) is 0 Å². The highest BCUT2D eigenvalue weighted by atomic mass is 16.5. The lowest BCUT2D eigenvalue weighted by Gasteiger charge is -2.41. The van der Waals surface area contributed by atoms with Crippen molar-refractivity contribution in [2.24, 2.45) is 17.6 Å². The first-order valence-corrected chi connectivity index (χ1v) is 8.00. The number of hydrogen-bond donors (Lipinski definition) is 1. The minimum Gasteiger partial charge on any atom is -0.453 e. The first-order chi connectivity index (χ1) is 10.1. The van der Waals surface area contributed by atoms with E-state index in [1.807, 2.05) is 4.90 Å². The zero-order valence-electron chi connectivity index (χ0n) is 12.7. The molecule has 0 spiro atoms. The molecule has 0 radical (unpaired) electrons. The van der Waals surface area contributed by atoms with Crippen LogP contribution < -0.4 is 5.73 Å². The highest BCUT2D eigenvalue weighted by Gasteiger charge is 2.44. The van der Waals surface area contributed by atoms with Crippen molar-refractivity contribution in [3.8, 4) is 0 Å². The average molecular weight is 295 g/mol. The summed E-state index contributed by atoms with van der Waals surface area (Å²) in [5.41, 5.74) is 6.20. The van der Waals surface area contributed by atoms with Gasteiger partial charge in [0.1, 0.15) is 6.04 Å². The fourth-order valence-corrected chi connectivity index (χ4v) is 4.18. The van der Waals surface area contributed by atoms with Crippen LogP contribution in [0.4, 0.5) is 4.79 Å². The van der Waals surface area contributed by atoms with Crippen LogP contribution in [0.2, 0.25) is 0 Å². The van der Waals surface area contributed by atoms with Gasteiger partial charge in [-0.05, 0) is 43.9 Å². The van der Waals surface area contributed by atoms with Gasteiger partial charge < -0.3 is 15.4 Å².